The molecule has 2 aliphatic rings. The predicted molar refractivity (Wildman–Crippen MR) is 136 cm³/mol. The molecular weight excluding hydrogens is 470 g/mol. The number of aromatic nitrogens is 2. The lowest BCUT2D eigenvalue weighted by Gasteiger charge is -2.29. The van der Waals surface area contributed by atoms with Crippen molar-refractivity contribution in [3.05, 3.63) is 50.6 Å². The van der Waals surface area contributed by atoms with E-state index in [-0.39, 0.29) is 17.9 Å². The van der Waals surface area contributed by atoms with E-state index in [1.807, 2.05) is 12.1 Å². The van der Waals surface area contributed by atoms with E-state index in [1.165, 1.54) is 11.3 Å². The SMILES string of the molecule is CC(C)N1CCc2nc(C(=O)N=C3CCCC[C@@H]3NC(=O)c3cc4cc(Cl)ccc4[nH]3)sc2C1. The van der Waals surface area contributed by atoms with E-state index >= 15 is 0 Å². The molecule has 5 rings (SSSR count). The highest BCUT2D eigenvalue weighted by Crippen LogP contribution is 2.27. The van der Waals surface area contributed by atoms with E-state index in [0.29, 0.717) is 28.2 Å². The lowest BCUT2D eigenvalue weighted by atomic mass is 9.93. The van der Waals surface area contributed by atoms with Gasteiger partial charge in [-0.05, 0) is 57.4 Å². The number of aliphatic imine (C=N–C) groups is 1. The molecule has 1 aromatic carbocycles. The van der Waals surface area contributed by atoms with E-state index in [1.54, 1.807) is 12.1 Å². The standard InChI is InChI=1S/C25H28ClN5O2S/c1-14(2)31-10-9-20-22(13-31)34-25(30-20)24(33)29-19-6-4-3-5-18(19)28-23(32)21-12-15-11-16(26)7-8-17(15)27-21/h7-8,11-12,14,18,27H,3-6,9-10,13H2,1-2H3,(H,28,32)/t18-/m0/s1. The maximum Gasteiger partial charge on any atom is 0.305 e. The van der Waals surface area contributed by atoms with Gasteiger partial charge in [-0.25, -0.2) is 9.98 Å². The number of H-pyrrole nitrogens is 1. The van der Waals surface area contributed by atoms with Gasteiger partial charge in [-0.1, -0.05) is 18.0 Å². The zero-order valence-electron chi connectivity index (χ0n) is 19.4. The van der Waals surface area contributed by atoms with Crippen LogP contribution >= 0.6 is 22.9 Å². The number of rotatable bonds is 4. The third kappa shape index (κ3) is 4.80. The van der Waals surface area contributed by atoms with E-state index in [4.69, 9.17) is 11.6 Å². The number of halogens is 1. The molecule has 0 radical (unpaired) electrons. The number of nitrogens with zero attached hydrogens (tertiary/aromatic N) is 3. The van der Waals surface area contributed by atoms with Crippen LogP contribution in [0.5, 0.6) is 0 Å². The van der Waals surface area contributed by atoms with E-state index in [2.05, 4.69) is 39.0 Å². The molecule has 0 saturated heterocycles. The molecule has 178 valence electrons. The second-order valence-corrected chi connectivity index (χ2v) is 10.8. The van der Waals surface area contributed by atoms with Crippen molar-refractivity contribution in [2.24, 2.45) is 4.99 Å². The van der Waals surface area contributed by atoms with Crippen molar-refractivity contribution in [3.8, 4) is 0 Å². The molecule has 0 spiro atoms. The Balaban J connectivity index is 1.31. The number of hydrogen-bond acceptors (Lipinski definition) is 5. The minimum absolute atomic E-state index is 0.210. The molecule has 1 atom stereocenters. The highest BCUT2D eigenvalue weighted by atomic mass is 35.5. The number of carbonyl (C=O) groups excluding carboxylic acids is 2. The summed E-state index contributed by atoms with van der Waals surface area (Å²) in [6.45, 7) is 6.17. The summed E-state index contributed by atoms with van der Waals surface area (Å²) in [5.41, 5.74) is 3.08. The molecule has 3 aromatic rings. The van der Waals surface area contributed by atoms with Gasteiger partial charge < -0.3 is 10.3 Å². The molecule has 0 unspecified atom stereocenters. The first kappa shape index (κ1) is 23.2. The van der Waals surface area contributed by atoms with Gasteiger partial charge >= 0.3 is 5.91 Å². The Morgan fingerprint density at radius 2 is 2.12 bits per heavy atom. The number of benzene rings is 1. The minimum Gasteiger partial charge on any atom is -0.351 e. The van der Waals surface area contributed by atoms with Crippen molar-refractivity contribution < 1.29 is 9.59 Å². The summed E-state index contributed by atoms with van der Waals surface area (Å²) in [6, 6.07) is 7.47. The molecule has 2 amide bonds. The van der Waals surface area contributed by atoms with E-state index in [9.17, 15) is 9.59 Å². The molecule has 7 nitrogen and oxygen atoms in total. The number of carbonyl (C=O) groups is 2. The van der Waals surface area contributed by atoms with E-state index in [0.717, 1.165) is 66.0 Å². The summed E-state index contributed by atoms with van der Waals surface area (Å²) in [6.07, 6.45) is 4.27. The van der Waals surface area contributed by atoms with Gasteiger partial charge in [0.2, 0.25) is 0 Å². The van der Waals surface area contributed by atoms with Crippen LogP contribution in [0.25, 0.3) is 10.9 Å². The minimum atomic E-state index is -0.299. The second kappa shape index (κ2) is 9.60. The smallest absolute Gasteiger partial charge is 0.305 e. The van der Waals surface area contributed by atoms with Gasteiger partial charge in [-0.15, -0.1) is 11.3 Å². The van der Waals surface area contributed by atoms with Crippen molar-refractivity contribution >= 4 is 51.4 Å². The molecule has 1 fully saturated rings. The molecule has 1 aliphatic heterocycles. The first-order chi connectivity index (χ1) is 16.4. The molecule has 1 saturated carbocycles. The molecule has 34 heavy (non-hydrogen) atoms. The molecule has 9 heteroatoms. The van der Waals surface area contributed by atoms with Crippen LogP contribution in [-0.4, -0.2) is 51.0 Å². The summed E-state index contributed by atoms with van der Waals surface area (Å²) in [5, 5.41) is 5.03. The fourth-order valence-electron chi connectivity index (χ4n) is 4.67. The van der Waals surface area contributed by atoms with E-state index < -0.39 is 0 Å². The fourth-order valence-corrected chi connectivity index (χ4v) is 5.87. The number of thiazole rings is 1. The van der Waals surface area contributed by atoms with Crippen molar-refractivity contribution in [1.29, 1.82) is 0 Å². The number of aromatic amines is 1. The summed E-state index contributed by atoms with van der Waals surface area (Å²) in [5.74, 6) is -0.509. The van der Waals surface area contributed by atoms with Crippen molar-refractivity contribution in [2.45, 2.75) is 64.6 Å². The molecular formula is C25H28ClN5O2S. The Labute approximate surface area is 207 Å². The summed E-state index contributed by atoms with van der Waals surface area (Å²) >= 11 is 7.52. The first-order valence-corrected chi connectivity index (χ1v) is 13.0. The van der Waals surface area contributed by atoms with Crippen LogP contribution in [0.3, 0.4) is 0 Å². The average molecular weight is 498 g/mol. The van der Waals surface area contributed by atoms with Crippen molar-refractivity contribution in [2.75, 3.05) is 6.54 Å². The topological polar surface area (TPSA) is 90.4 Å². The Kier molecular flexibility index (Phi) is 6.55. The van der Waals surface area contributed by atoms with Gasteiger partial charge in [0.15, 0.2) is 5.01 Å². The Bertz CT molecular complexity index is 1280. The Hall–Kier alpha value is -2.55. The first-order valence-electron chi connectivity index (χ1n) is 11.8. The number of nitrogens with one attached hydrogen (secondary N) is 2. The molecule has 3 heterocycles. The quantitative estimate of drug-likeness (QED) is 0.530. The predicted octanol–water partition coefficient (Wildman–Crippen LogP) is 5.00. The lowest BCUT2D eigenvalue weighted by Crippen LogP contribution is -2.43. The largest absolute Gasteiger partial charge is 0.351 e. The molecule has 2 N–H and O–H groups in total. The Morgan fingerprint density at radius 1 is 1.26 bits per heavy atom. The van der Waals surface area contributed by atoms with Gasteiger partial charge in [-0.3, -0.25) is 14.5 Å². The normalized spacial score (nSPS) is 20.1. The molecule has 0 bridgehead atoms. The maximum absolute atomic E-state index is 13.0. The highest BCUT2D eigenvalue weighted by Gasteiger charge is 2.27. The zero-order valence-corrected chi connectivity index (χ0v) is 20.9. The number of amides is 2. The van der Waals surface area contributed by atoms with Crippen LogP contribution in [-0.2, 0) is 13.0 Å². The van der Waals surface area contributed by atoms with Crippen LogP contribution in [0.15, 0.2) is 29.3 Å². The lowest BCUT2D eigenvalue weighted by molar-refractivity contribution is 0.0935. The van der Waals surface area contributed by atoms with Gasteiger partial charge in [0, 0.05) is 52.1 Å². The van der Waals surface area contributed by atoms with Crippen molar-refractivity contribution in [3.63, 3.8) is 0 Å². The van der Waals surface area contributed by atoms with Gasteiger partial charge in [0.25, 0.3) is 5.91 Å². The average Bonchev–Trinajstić information content (AvgIpc) is 3.43. The Morgan fingerprint density at radius 3 is 2.94 bits per heavy atom. The number of fused-ring (bicyclic) bond motifs is 2. The van der Waals surface area contributed by atoms with Crippen LogP contribution in [0.4, 0.5) is 0 Å². The second-order valence-electron chi connectivity index (χ2n) is 9.30. The van der Waals surface area contributed by atoms with Gasteiger partial charge in [0.1, 0.15) is 5.69 Å². The van der Waals surface area contributed by atoms with Crippen LogP contribution in [0.2, 0.25) is 5.02 Å². The number of hydrogen-bond donors (Lipinski definition) is 2. The third-order valence-corrected chi connectivity index (χ3v) is 7.94. The molecule has 2 aromatic heterocycles. The molecule has 1 aliphatic carbocycles. The van der Waals surface area contributed by atoms with Gasteiger partial charge in [0.05, 0.1) is 11.7 Å². The summed E-state index contributed by atoms with van der Waals surface area (Å²) in [4.78, 5) is 41.7. The highest BCUT2D eigenvalue weighted by molar-refractivity contribution is 7.13. The zero-order chi connectivity index (χ0) is 23.8. The summed E-state index contributed by atoms with van der Waals surface area (Å²) < 4.78 is 0. The van der Waals surface area contributed by atoms with Gasteiger partial charge in [-0.2, -0.15) is 0 Å². The fraction of sp³-hybridized carbons (Fsp3) is 0.440. The van der Waals surface area contributed by atoms with Crippen LogP contribution in [0, 0.1) is 0 Å². The van der Waals surface area contributed by atoms with Crippen molar-refractivity contribution in [1.82, 2.24) is 20.2 Å². The third-order valence-electron chi connectivity index (χ3n) is 6.63. The maximum atomic E-state index is 13.0. The monoisotopic (exact) mass is 497 g/mol. The summed E-state index contributed by atoms with van der Waals surface area (Å²) in [7, 11) is 0. The van der Waals surface area contributed by atoms with Crippen LogP contribution in [0.1, 0.15) is 70.4 Å². The van der Waals surface area contributed by atoms with Crippen LogP contribution < -0.4 is 5.32 Å².